The first-order valence-corrected chi connectivity index (χ1v) is 10.7. The highest BCUT2D eigenvalue weighted by molar-refractivity contribution is 9.10. The zero-order valence-electron chi connectivity index (χ0n) is 17.0. The number of nitrogens with zero attached hydrogens (tertiary/aromatic N) is 4. The largest absolute Gasteiger partial charge is 0.478 e. The summed E-state index contributed by atoms with van der Waals surface area (Å²) in [6.45, 7) is 2.42. The van der Waals surface area contributed by atoms with E-state index in [1.54, 1.807) is 9.25 Å². The molecule has 5 rings (SSSR count). The van der Waals surface area contributed by atoms with Gasteiger partial charge in [-0.05, 0) is 48.9 Å². The van der Waals surface area contributed by atoms with E-state index in [0.717, 1.165) is 32.0 Å². The number of halogens is 1. The maximum Gasteiger partial charge on any atom is 0.265 e. The fourth-order valence-electron chi connectivity index (χ4n) is 3.76. The van der Waals surface area contributed by atoms with Gasteiger partial charge in [0, 0.05) is 46.4 Å². The van der Waals surface area contributed by atoms with E-state index in [0.29, 0.717) is 23.6 Å². The standard InChI is InChI=1S/C24H19BrN4O2/c1-3-31-21-11-6-16-14-29(19-9-10-20-17(12-19)13-28(2)27-20)24(30)22(23(16)26-21)15-4-7-18(25)8-5-15/h4-14H,3H2,1-2H3. The Balaban J connectivity index is 1.81. The summed E-state index contributed by atoms with van der Waals surface area (Å²) in [7, 11) is 1.88. The second kappa shape index (κ2) is 7.67. The SMILES string of the molecule is CCOc1ccc2cn(-c3ccc4nn(C)cc4c3)c(=O)c(-c3ccc(Br)cc3)c2n1. The summed E-state index contributed by atoms with van der Waals surface area (Å²) in [5.41, 5.74) is 3.49. The number of fused-ring (bicyclic) bond motifs is 2. The highest BCUT2D eigenvalue weighted by Gasteiger charge is 2.16. The summed E-state index contributed by atoms with van der Waals surface area (Å²) >= 11 is 3.47. The molecule has 0 saturated heterocycles. The lowest BCUT2D eigenvalue weighted by molar-refractivity contribution is 0.328. The van der Waals surface area contributed by atoms with Crippen molar-refractivity contribution in [2.45, 2.75) is 6.92 Å². The van der Waals surface area contributed by atoms with Gasteiger partial charge in [0.1, 0.15) is 0 Å². The molecule has 0 radical (unpaired) electrons. The summed E-state index contributed by atoms with van der Waals surface area (Å²) in [6, 6.07) is 17.3. The third kappa shape index (κ3) is 3.51. The molecule has 0 bridgehead atoms. The third-order valence-electron chi connectivity index (χ3n) is 5.14. The first-order chi connectivity index (χ1) is 15.0. The van der Waals surface area contributed by atoms with E-state index in [1.165, 1.54) is 0 Å². The Morgan fingerprint density at radius 3 is 2.58 bits per heavy atom. The number of hydrogen-bond acceptors (Lipinski definition) is 4. The monoisotopic (exact) mass is 474 g/mol. The van der Waals surface area contributed by atoms with Gasteiger partial charge in [-0.3, -0.25) is 14.0 Å². The van der Waals surface area contributed by atoms with Gasteiger partial charge in [0.2, 0.25) is 5.88 Å². The molecule has 0 saturated carbocycles. The van der Waals surface area contributed by atoms with Crippen molar-refractivity contribution in [2.75, 3.05) is 6.61 Å². The fraction of sp³-hybridized carbons (Fsp3) is 0.125. The molecule has 0 N–H and O–H groups in total. The summed E-state index contributed by atoms with van der Waals surface area (Å²) in [6.07, 6.45) is 3.77. The van der Waals surface area contributed by atoms with E-state index in [4.69, 9.17) is 4.74 Å². The summed E-state index contributed by atoms with van der Waals surface area (Å²) in [5.74, 6) is 0.502. The minimum atomic E-state index is -0.140. The first-order valence-electron chi connectivity index (χ1n) is 9.92. The van der Waals surface area contributed by atoms with Crippen LogP contribution in [0.4, 0.5) is 0 Å². The van der Waals surface area contributed by atoms with Crippen LogP contribution in [-0.4, -0.2) is 25.9 Å². The Bertz CT molecular complexity index is 1490. The van der Waals surface area contributed by atoms with Gasteiger partial charge in [-0.2, -0.15) is 5.10 Å². The van der Waals surface area contributed by atoms with Crippen LogP contribution in [0.3, 0.4) is 0 Å². The van der Waals surface area contributed by atoms with Gasteiger partial charge in [-0.15, -0.1) is 0 Å². The summed E-state index contributed by atoms with van der Waals surface area (Å²) in [4.78, 5) is 18.4. The number of ether oxygens (including phenoxy) is 1. The maximum atomic E-state index is 13.7. The zero-order chi connectivity index (χ0) is 21.5. The molecule has 3 aromatic heterocycles. The van der Waals surface area contributed by atoms with Gasteiger partial charge in [0.15, 0.2) is 0 Å². The van der Waals surface area contributed by atoms with Crippen LogP contribution in [-0.2, 0) is 7.05 Å². The van der Waals surface area contributed by atoms with Crippen molar-refractivity contribution in [3.05, 3.63) is 81.8 Å². The Morgan fingerprint density at radius 1 is 1.00 bits per heavy atom. The average Bonchev–Trinajstić information content (AvgIpc) is 3.14. The number of pyridine rings is 2. The molecule has 0 unspecified atom stereocenters. The maximum absolute atomic E-state index is 13.7. The minimum absolute atomic E-state index is 0.140. The van der Waals surface area contributed by atoms with Crippen molar-refractivity contribution in [1.82, 2.24) is 19.3 Å². The third-order valence-corrected chi connectivity index (χ3v) is 5.67. The van der Waals surface area contributed by atoms with Gasteiger partial charge in [0.05, 0.1) is 23.2 Å². The molecular formula is C24H19BrN4O2. The van der Waals surface area contributed by atoms with Crippen LogP contribution in [0.5, 0.6) is 5.88 Å². The van der Waals surface area contributed by atoms with Crippen molar-refractivity contribution in [3.8, 4) is 22.7 Å². The van der Waals surface area contributed by atoms with Crippen molar-refractivity contribution in [2.24, 2.45) is 7.05 Å². The van der Waals surface area contributed by atoms with E-state index < -0.39 is 0 Å². The number of aryl methyl sites for hydroxylation is 1. The molecule has 0 atom stereocenters. The van der Waals surface area contributed by atoms with Crippen LogP contribution in [0.25, 0.3) is 38.6 Å². The van der Waals surface area contributed by atoms with Gasteiger partial charge >= 0.3 is 0 Å². The highest BCUT2D eigenvalue weighted by Crippen LogP contribution is 2.28. The molecule has 7 heteroatoms. The lowest BCUT2D eigenvalue weighted by atomic mass is 10.0. The molecule has 154 valence electrons. The predicted octanol–water partition coefficient (Wildman–Crippen LogP) is 5.10. The Labute approximate surface area is 186 Å². The highest BCUT2D eigenvalue weighted by atomic mass is 79.9. The molecule has 0 fully saturated rings. The van der Waals surface area contributed by atoms with Crippen LogP contribution in [0.2, 0.25) is 0 Å². The van der Waals surface area contributed by atoms with Gasteiger partial charge in [-0.25, -0.2) is 4.98 Å². The van der Waals surface area contributed by atoms with Crippen LogP contribution < -0.4 is 10.3 Å². The van der Waals surface area contributed by atoms with E-state index >= 15 is 0 Å². The van der Waals surface area contributed by atoms with Crippen LogP contribution in [0.1, 0.15) is 6.92 Å². The molecule has 0 amide bonds. The lowest BCUT2D eigenvalue weighted by Crippen LogP contribution is -2.20. The summed E-state index contributed by atoms with van der Waals surface area (Å²) < 4.78 is 9.98. The molecule has 0 aliphatic heterocycles. The van der Waals surface area contributed by atoms with Crippen molar-refractivity contribution >= 4 is 37.7 Å². The molecule has 0 aliphatic carbocycles. The molecule has 5 aromatic rings. The lowest BCUT2D eigenvalue weighted by Gasteiger charge is -2.13. The van der Waals surface area contributed by atoms with Crippen molar-refractivity contribution in [3.63, 3.8) is 0 Å². The average molecular weight is 475 g/mol. The van der Waals surface area contributed by atoms with E-state index in [-0.39, 0.29) is 5.56 Å². The first kappa shape index (κ1) is 19.5. The quantitative estimate of drug-likeness (QED) is 0.363. The topological polar surface area (TPSA) is 61.9 Å². The molecule has 31 heavy (non-hydrogen) atoms. The normalized spacial score (nSPS) is 11.3. The Hall–Kier alpha value is -3.45. The fourth-order valence-corrected chi connectivity index (χ4v) is 4.02. The summed E-state index contributed by atoms with van der Waals surface area (Å²) in [5, 5.41) is 6.25. The molecule has 3 heterocycles. The zero-order valence-corrected chi connectivity index (χ0v) is 18.6. The minimum Gasteiger partial charge on any atom is -0.478 e. The number of hydrogen-bond donors (Lipinski definition) is 0. The number of rotatable bonds is 4. The van der Waals surface area contributed by atoms with Gasteiger partial charge in [0.25, 0.3) is 5.56 Å². The van der Waals surface area contributed by atoms with Crippen LogP contribution in [0, 0.1) is 0 Å². The second-order valence-corrected chi connectivity index (χ2v) is 8.17. The van der Waals surface area contributed by atoms with E-state index in [1.807, 2.05) is 81.0 Å². The predicted molar refractivity (Wildman–Crippen MR) is 126 cm³/mol. The van der Waals surface area contributed by atoms with Crippen LogP contribution >= 0.6 is 15.9 Å². The van der Waals surface area contributed by atoms with Crippen molar-refractivity contribution in [1.29, 1.82) is 0 Å². The molecular weight excluding hydrogens is 456 g/mol. The second-order valence-electron chi connectivity index (χ2n) is 7.25. The van der Waals surface area contributed by atoms with E-state index in [2.05, 4.69) is 26.0 Å². The number of aromatic nitrogens is 4. The molecule has 0 aliphatic rings. The molecule has 2 aromatic carbocycles. The van der Waals surface area contributed by atoms with Gasteiger partial charge in [-0.1, -0.05) is 28.1 Å². The Morgan fingerprint density at radius 2 is 1.81 bits per heavy atom. The van der Waals surface area contributed by atoms with Crippen molar-refractivity contribution < 1.29 is 4.74 Å². The Kier molecular flexibility index (Phi) is 4.82. The number of benzene rings is 2. The van der Waals surface area contributed by atoms with Crippen LogP contribution in [0.15, 0.2) is 76.3 Å². The van der Waals surface area contributed by atoms with Gasteiger partial charge < -0.3 is 4.74 Å². The van der Waals surface area contributed by atoms with E-state index in [9.17, 15) is 4.79 Å². The smallest absolute Gasteiger partial charge is 0.265 e. The molecule has 6 nitrogen and oxygen atoms in total. The molecule has 0 spiro atoms.